The molecule has 1 rings (SSSR count). The fourth-order valence-electron chi connectivity index (χ4n) is 1.45. The molecule has 10 heteroatoms. The molecule has 0 aliphatic carbocycles. The molecular formula is C11H20ClFN6O2. The largest absolute Gasteiger partial charge is 0.375 e. The molecule has 0 spiro atoms. The van der Waals surface area contributed by atoms with E-state index in [0.717, 1.165) is 4.68 Å². The second kappa shape index (κ2) is 6.33. The van der Waals surface area contributed by atoms with Crippen molar-refractivity contribution in [3.63, 3.8) is 0 Å². The molecule has 1 aromatic rings. The Labute approximate surface area is 126 Å². The van der Waals surface area contributed by atoms with Crippen molar-refractivity contribution in [3.05, 3.63) is 10.5 Å². The van der Waals surface area contributed by atoms with E-state index < -0.39 is 29.4 Å². The molecule has 21 heavy (non-hydrogen) atoms. The lowest BCUT2D eigenvalue weighted by atomic mass is 10.1. The summed E-state index contributed by atoms with van der Waals surface area (Å²) in [5.41, 5.74) is 0.299. The first-order chi connectivity index (χ1) is 9.59. The highest BCUT2D eigenvalue weighted by atomic mass is 35.5. The van der Waals surface area contributed by atoms with Gasteiger partial charge in [0.15, 0.2) is 0 Å². The maximum atomic E-state index is 12.8. The fraction of sp³-hybridized carbons (Fsp3) is 0.727. The summed E-state index contributed by atoms with van der Waals surface area (Å²) in [4.78, 5) is 25.8. The van der Waals surface area contributed by atoms with Gasteiger partial charge in [-0.05, 0) is 20.8 Å². The minimum Gasteiger partial charge on any atom is -0.346 e. The molecule has 1 atom stereocenters. The number of anilines is 1. The van der Waals surface area contributed by atoms with E-state index in [9.17, 15) is 14.0 Å². The Kier molecular flexibility index (Phi) is 5.21. The highest BCUT2D eigenvalue weighted by molar-refractivity contribution is 6.20. The minimum absolute atomic E-state index is 0.195. The molecule has 0 radical (unpaired) electrons. The number of aromatic nitrogens is 3. The van der Waals surface area contributed by atoms with Gasteiger partial charge in [0.2, 0.25) is 5.95 Å². The van der Waals surface area contributed by atoms with Crippen molar-refractivity contribution in [2.75, 3.05) is 31.1 Å². The SMILES string of the molecule is CC(Cl)Nn1c(N(C)C)nn(C(=O)NC(C)(C)CF)c1=O. The third kappa shape index (κ3) is 4.10. The van der Waals surface area contributed by atoms with Crippen molar-refractivity contribution in [1.29, 1.82) is 0 Å². The van der Waals surface area contributed by atoms with Crippen LogP contribution in [-0.4, -0.2) is 52.3 Å². The second-order valence-electron chi connectivity index (χ2n) is 5.42. The van der Waals surface area contributed by atoms with Gasteiger partial charge >= 0.3 is 11.7 Å². The second-order valence-corrected chi connectivity index (χ2v) is 6.07. The Bertz CT molecular complexity index is 566. The van der Waals surface area contributed by atoms with E-state index in [-0.39, 0.29) is 5.95 Å². The lowest BCUT2D eigenvalue weighted by Gasteiger charge is -2.21. The van der Waals surface area contributed by atoms with Crippen molar-refractivity contribution >= 4 is 23.6 Å². The number of nitrogens with one attached hydrogen (secondary N) is 2. The highest BCUT2D eigenvalue weighted by Crippen LogP contribution is 2.06. The van der Waals surface area contributed by atoms with Crippen molar-refractivity contribution in [3.8, 4) is 0 Å². The van der Waals surface area contributed by atoms with Gasteiger partial charge in [0.1, 0.15) is 12.2 Å². The number of nitrogens with zero attached hydrogens (tertiary/aromatic N) is 4. The first kappa shape index (κ1) is 17.3. The lowest BCUT2D eigenvalue weighted by Crippen LogP contribution is -2.50. The zero-order valence-corrected chi connectivity index (χ0v) is 13.4. The normalized spacial score (nSPS) is 12.9. The van der Waals surface area contributed by atoms with E-state index in [0.29, 0.717) is 4.68 Å². The molecule has 0 saturated carbocycles. The van der Waals surface area contributed by atoms with Crippen LogP contribution in [0.4, 0.5) is 15.1 Å². The molecule has 0 bridgehead atoms. The molecule has 1 aromatic heterocycles. The molecule has 2 N–H and O–H groups in total. The number of alkyl halides is 2. The summed E-state index contributed by atoms with van der Waals surface area (Å²) in [6, 6.07) is -0.812. The van der Waals surface area contributed by atoms with Gasteiger partial charge in [0, 0.05) is 14.1 Å². The van der Waals surface area contributed by atoms with Crippen molar-refractivity contribution in [2.45, 2.75) is 31.8 Å². The standard InChI is InChI=1S/C11H20ClFN6O2/c1-7(12)15-18-8(17(4)5)16-19(10(18)21)9(20)14-11(2,3)6-13/h7,15H,6H2,1-5H3,(H,14,20). The average Bonchev–Trinajstić information content (AvgIpc) is 2.66. The molecule has 0 aliphatic rings. The molecule has 8 nitrogen and oxygen atoms in total. The summed E-state index contributed by atoms with van der Waals surface area (Å²) in [6.45, 7) is 3.85. The molecule has 120 valence electrons. The lowest BCUT2D eigenvalue weighted by molar-refractivity contribution is 0.218. The van der Waals surface area contributed by atoms with E-state index in [1.165, 1.54) is 18.7 Å². The first-order valence-electron chi connectivity index (χ1n) is 6.27. The molecule has 0 aromatic carbocycles. The molecule has 1 heterocycles. The van der Waals surface area contributed by atoms with Crippen LogP contribution in [0, 0.1) is 0 Å². The highest BCUT2D eigenvalue weighted by Gasteiger charge is 2.25. The summed E-state index contributed by atoms with van der Waals surface area (Å²) in [7, 11) is 3.32. The molecule has 1 unspecified atom stereocenters. The van der Waals surface area contributed by atoms with Crippen molar-refractivity contribution in [2.24, 2.45) is 0 Å². The quantitative estimate of drug-likeness (QED) is 0.611. The summed E-state index contributed by atoms with van der Waals surface area (Å²) in [5, 5.41) is 6.31. The maximum Gasteiger partial charge on any atom is 0.375 e. The van der Waals surface area contributed by atoms with Crippen molar-refractivity contribution < 1.29 is 9.18 Å². The van der Waals surface area contributed by atoms with Crippen LogP contribution >= 0.6 is 11.6 Å². The number of carbonyl (C=O) groups excluding carboxylic acids is 1. The van der Waals surface area contributed by atoms with Gasteiger partial charge in [-0.1, -0.05) is 11.6 Å². The molecule has 1 amide bonds. The molecule has 0 fully saturated rings. The van der Waals surface area contributed by atoms with E-state index in [4.69, 9.17) is 11.6 Å². The Morgan fingerprint density at radius 3 is 2.52 bits per heavy atom. The van der Waals surface area contributed by atoms with Gasteiger partial charge < -0.3 is 15.6 Å². The molecule has 0 aliphatic heterocycles. The van der Waals surface area contributed by atoms with Gasteiger partial charge in [-0.2, -0.15) is 4.68 Å². The summed E-state index contributed by atoms with van der Waals surface area (Å²) >= 11 is 5.80. The van der Waals surface area contributed by atoms with E-state index in [2.05, 4.69) is 15.8 Å². The fourth-order valence-corrected chi connectivity index (χ4v) is 1.54. The smallest absolute Gasteiger partial charge is 0.346 e. The van der Waals surface area contributed by atoms with Crippen LogP contribution in [0.3, 0.4) is 0 Å². The zero-order valence-electron chi connectivity index (χ0n) is 12.6. The van der Waals surface area contributed by atoms with E-state index >= 15 is 0 Å². The molecule has 0 saturated heterocycles. The van der Waals surface area contributed by atoms with E-state index in [1.807, 2.05) is 0 Å². The van der Waals surface area contributed by atoms with Gasteiger partial charge in [-0.15, -0.1) is 9.78 Å². The predicted molar refractivity (Wildman–Crippen MR) is 79.5 cm³/mol. The Balaban J connectivity index is 3.20. The summed E-state index contributed by atoms with van der Waals surface area (Å²) < 4.78 is 14.4. The van der Waals surface area contributed by atoms with Gasteiger partial charge in [-0.3, -0.25) is 0 Å². The number of hydrogen-bond donors (Lipinski definition) is 2. The zero-order chi connectivity index (χ0) is 16.4. The Morgan fingerprint density at radius 1 is 1.52 bits per heavy atom. The van der Waals surface area contributed by atoms with Crippen LogP contribution in [0.15, 0.2) is 4.79 Å². The molecular weight excluding hydrogens is 303 g/mol. The van der Waals surface area contributed by atoms with Crippen LogP contribution < -0.4 is 21.3 Å². The van der Waals surface area contributed by atoms with Crippen LogP contribution in [0.2, 0.25) is 0 Å². The number of hydrogen-bond acceptors (Lipinski definition) is 5. The third-order valence-corrected chi connectivity index (χ3v) is 2.54. The maximum absolute atomic E-state index is 12.8. The monoisotopic (exact) mass is 322 g/mol. The van der Waals surface area contributed by atoms with Crippen LogP contribution in [0.25, 0.3) is 0 Å². The van der Waals surface area contributed by atoms with Crippen LogP contribution in [-0.2, 0) is 0 Å². The predicted octanol–water partition coefficient (Wildman–Crippen LogP) is 0.545. The summed E-state index contributed by atoms with van der Waals surface area (Å²) in [6.07, 6.45) is 0. The number of rotatable bonds is 5. The summed E-state index contributed by atoms with van der Waals surface area (Å²) in [5.74, 6) is 0.195. The average molecular weight is 323 g/mol. The van der Waals surface area contributed by atoms with Crippen LogP contribution in [0.1, 0.15) is 20.8 Å². The number of halogens is 2. The first-order valence-corrected chi connectivity index (χ1v) is 6.71. The van der Waals surface area contributed by atoms with Gasteiger partial charge in [0.25, 0.3) is 0 Å². The van der Waals surface area contributed by atoms with Gasteiger partial charge in [0.05, 0.1) is 5.54 Å². The topological polar surface area (TPSA) is 84.2 Å². The Hall–Kier alpha value is -1.77. The van der Waals surface area contributed by atoms with E-state index in [1.54, 1.807) is 21.0 Å². The van der Waals surface area contributed by atoms with Crippen molar-refractivity contribution in [1.82, 2.24) is 19.8 Å². The Morgan fingerprint density at radius 2 is 2.10 bits per heavy atom. The van der Waals surface area contributed by atoms with Gasteiger partial charge in [-0.25, -0.2) is 14.0 Å². The number of amides is 1. The minimum atomic E-state index is -1.09. The number of carbonyl (C=O) groups is 1. The third-order valence-electron chi connectivity index (χ3n) is 2.44. The van der Waals surface area contributed by atoms with Crippen LogP contribution in [0.5, 0.6) is 0 Å².